The lowest BCUT2D eigenvalue weighted by Crippen LogP contribution is -2.75. The molecule has 1 rings (SSSR count). The molecule has 0 fully saturated rings. The first-order chi connectivity index (χ1) is 6.90. The van der Waals surface area contributed by atoms with E-state index in [-0.39, 0.29) is 0 Å². The second-order valence-corrected chi connectivity index (χ2v) is 2.97. The average Bonchev–Trinajstić information content (AvgIpc) is 2.17. The van der Waals surface area contributed by atoms with Crippen LogP contribution in [0.25, 0.3) is 0 Å². The molecule has 0 saturated carbocycles. The number of hydrogen-bond acceptors (Lipinski definition) is 7. The molecule has 1 atom stereocenters. The van der Waals surface area contributed by atoms with Crippen molar-refractivity contribution in [3.05, 3.63) is 44.5 Å². The van der Waals surface area contributed by atoms with Gasteiger partial charge in [0.15, 0.2) is 0 Å². The highest BCUT2D eigenvalue weighted by molar-refractivity contribution is 5.26. The van der Waals surface area contributed by atoms with E-state index in [1.807, 2.05) is 5.43 Å². The van der Waals surface area contributed by atoms with Crippen molar-refractivity contribution in [2.75, 3.05) is 0 Å². The number of rotatable bonds is 3. The van der Waals surface area contributed by atoms with Crippen molar-refractivity contribution in [2.24, 2.45) is 11.6 Å². The summed E-state index contributed by atoms with van der Waals surface area (Å²) in [6.07, 6.45) is 4.37. The Morgan fingerprint density at radius 1 is 1.13 bits per heavy atom. The molecule has 0 radical (unpaired) electrons. The summed E-state index contributed by atoms with van der Waals surface area (Å²) in [4.78, 5) is 19.4. The molecular formula is C6H9N5O4. The molecule has 9 heteroatoms. The van der Waals surface area contributed by atoms with Gasteiger partial charge in [0.25, 0.3) is 0 Å². The molecule has 0 aromatic rings. The minimum atomic E-state index is -2.70. The summed E-state index contributed by atoms with van der Waals surface area (Å²) in [6, 6.07) is 0. The number of nitro groups is 2. The monoisotopic (exact) mass is 215 g/mol. The Morgan fingerprint density at radius 2 is 1.60 bits per heavy atom. The molecule has 0 heterocycles. The van der Waals surface area contributed by atoms with Crippen LogP contribution in [0.4, 0.5) is 0 Å². The molecule has 0 saturated heterocycles. The molecule has 9 nitrogen and oxygen atoms in total. The first-order valence-electron chi connectivity index (χ1n) is 3.83. The van der Waals surface area contributed by atoms with E-state index in [4.69, 9.17) is 11.6 Å². The topological polar surface area (TPSA) is 150 Å². The normalized spacial score (nSPS) is 27.6. The predicted octanol–water partition coefficient (Wildman–Crippen LogP) is -1.52. The Kier molecular flexibility index (Phi) is 2.53. The number of nitrogens with zero attached hydrogens (tertiary/aromatic N) is 2. The van der Waals surface area contributed by atoms with E-state index in [1.165, 1.54) is 12.2 Å². The van der Waals surface area contributed by atoms with Gasteiger partial charge < -0.3 is 0 Å². The van der Waals surface area contributed by atoms with Crippen molar-refractivity contribution >= 4 is 0 Å². The van der Waals surface area contributed by atoms with Gasteiger partial charge in [-0.05, 0) is 6.08 Å². The number of hydrazine groups is 1. The molecule has 0 aromatic heterocycles. The van der Waals surface area contributed by atoms with Gasteiger partial charge in [-0.15, -0.1) is 0 Å². The standard InChI is InChI=1S/C6H9N5O4/c7-5(9-8)3-1-2-4-6(5,10(12)13)11(14)15/h1-4,9H,7-8H2. The number of nitrogens with two attached hydrogens (primary N) is 2. The maximum absolute atomic E-state index is 10.8. The molecule has 0 spiro atoms. The predicted molar refractivity (Wildman–Crippen MR) is 49.2 cm³/mol. The lowest BCUT2D eigenvalue weighted by atomic mass is 9.90. The van der Waals surface area contributed by atoms with Gasteiger partial charge in [-0.3, -0.25) is 31.8 Å². The summed E-state index contributed by atoms with van der Waals surface area (Å²) in [5, 5.41) is 21.6. The Labute approximate surface area is 83.7 Å². The van der Waals surface area contributed by atoms with Gasteiger partial charge in [0, 0.05) is 0 Å². The Morgan fingerprint density at radius 3 is 1.93 bits per heavy atom. The molecular weight excluding hydrogens is 206 g/mol. The highest BCUT2D eigenvalue weighted by atomic mass is 16.7. The van der Waals surface area contributed by atoms with Crippen LogP contribution in [0.15, 0.2) is 24.3 Å². The lowest BCUT2D eigenvalue weighted by Gasteiger charge is -2.30. The zero-order chi connectivity index (χ0) is 11.7. The third-order valence-electron chi connectivity index (χ3n) is 2.20. The molecule has 15 heavy (non-hydrogen) atoms. The van der Waals surface area contributed by atoms with Crippen LogP contribution in [0.2, 0.25) is 0 Å². The number of hydrogen-bond donors (Lipinski definition) is 3. The van der Waals surface area contributed by atoms with Crippen molar-refractivity contribution in [1.29, 1.82) is 0 Å². The van der Waals surface area contributed by atoms with E-state index < -0.39 is 21.2 Å². The summed E-state index contributed by atoms with van der Waals surface area (Å²) in [7, 11) is 0. The summed E-state index contributed by atoms with van der Waals surface area (Å²) < 4.78 is 0. The van der Waals surface area contributed by atoms with Crippen molar-refractivity contribution in [2.45, 2.75) is 11.3 Å². The van der Waals surface area contributed by atoms with Crippen molar-refractivity contribution in [1.82, 2.24) is 5.43 Å². The smallest absolute Gasteiger partial charge is 0.296 e. The largest absolute Gasteiger partial charge is 0.512 e. The molecule has 0 bridgehead atoms. The number of nitrogens with one attached hydrogen (secondary N) is 1. The van der Waals surface area contributed by atoms with E-state index in [0.717, 1.165) is 12.2 Å². The quantitative estimate of drug-likeness (QED) is 0.224. The van der Waals surface area contributed by atoms with Gasteiger partial charge >= 0.3 is 5.66 Å². The van der Waals surface area contributed by atoms with Gasteiger partial charge in [0.1, 0.15) is 9.85 Å². The first kappa shape index (κ1) is 11.2. The van der Waals surface area contributed by atoms with Crippen molar-refractivity contribution in [3.63, 3.8) is 0 Å². The Bertz CT molecular complexity index is 351. The maximum Gasteiger partial charge on any atom is 0.512 e. The highest BCUT2D eigenvalue weighted by Crippen LogP contribution is 2.27. The lowest BCUT2D eigenvalue weighted by molar-refractivity contribution is -0.790. The molecule has 0 aliphatic heterocycles. The fraction of sp³-hybridized carbons (Fsp3) is 0.333. The van der Waals surface area contributed by atoms with E-state index in [9.17, 15) is 20.2 Å². The van der Waals surface area contributed by atoms with Gasteiger partial charge in [-0.2, -0.15) is 0 Å². The molecule has 0 amide bonds. The second kappa shape index (κ2) is 3.38. The number of allylic oxidation sites excluding steroid dienone is 2. The van der Waals surface area contributed by atoms with Crippen LogP contribution < -0.4 is 17.0 Å². The van der Waals surface area contributed by atoms with Crippen LogP contribution in [0.1, 0.15) is 0 Å². The van der Waals surface area contributed by atoms with Crippen LogP contribution in [0.3, 0.4) is 0 Å². The van der Waals surface area contributed by atoms with Crippen LogP contribution in [0, 0.1) is 20.2 Å². The third-order valence-corrected chi connectivity index (χ3v) is 2.20. The zero-order valence-electron chi connectivity index (χ0n) is 7.49. The molecule has 1 aliphatic rings. The Balaban J connectivity index is 3.39. The first-order valence-corrected chi connectivity index (χ1v) is 3.83. The second-order valence-electron chi connectivity index (χ2n) is 2.97. The summed E-state index contributed by atoms with van der Waals surface area (Å²) in [5.41, 5.74) is 2.61. The van der Waals surface area contributed by atoms with Crippen LogP contribution in [-0.4, -0.2) is 21.2 Å². The van der Waals surface area contributed by atoms with Gasteiger partial charge in [0.05, 0.1) is 6.08 Å². The molecule has 82 valence electrons. The van der Waals surface area contributed by atoms with E-state index >= 15 is 0 Å². The SMILES string of the molecule is NNC1(N)C=CC=CC1([N+](=O)[O-])[N+](=O)[O-]. The fourth-order valence-corrected chi connectivity index (χ4v) is 1.30. The van der Waals surface area contributed by atoms with Crippen LogP contribution >= 0.6 is 0 Å². The van der Waals surface area contributed by atoms with Crippen molar-refractivity contribution in [3.8, 4) is 0 Å². The highest BCUT2D eigenvalue weighted by Gasteiger charge is 2.69. The van der Waals surface area contributed by atoms with E-state index in [0.29, 0.717) is 0 Å². The summed E-state index contributed by atoms with van der Waals surface area (Å²) >= 11 is 0. The third kappa shape index (κ3) is 1.29. The van der Waals surface area contributed by atoms with E-state index in [1.54, 1.807) is 0 Å². The fourth-order valence-electron chi connectivity index (χ4n) is 1.30. The molecule has 1 unspecified atom stereocenters. The minimum Gasteiger partial charge on any atom is -0.296 e. The van der Waals surface area contributed by atoms with Gasteiger partial charge in [-0.25, -0.2) is 5.43 Å². The van der Waals surface area contributed by atoms with Gasteiger partial charge in [0.2, 0.25) is 5.66 Å². The van der Waals surface area contributed by atoms with E-state index in [2.05, 4.69) is 0 Å². The zero-order valence-corrected chi connectivity index (χ0v) is 7.49. The molecule has 0 aromatic carbocycles. The average molecular weight is 215 g/mol. The summed E-state index contributed by atoms with van der Waals surface area (Å²) in [6.45, 7) is 0. The molecule has 1 aliphatic carbocycles. The Hall–Kier alpha value is -1.84. The molecule has 5 N–H and O–H groups in total. The minimum absolute atomic E-state index is 0.785. The van der Waals surface area contributed by atoms with Crippen molar-refractivity contribution < 1.29 is 9.85 Å². The summed E-state index contributed by atoms with van der Waals surface area (Å²) in [5.74, 6) is 5.02. The van der Waals surface area contributed by atoms with Crippen LogP contribution in [-0.2, 0) is 0 Å². The van der Waals surface area contributed by atoms with Crippen LogP contribution in [0.5, 0.6) is 0 Å². The van der Waals surface area contributed by atoms with Gasteiger partial charge in [-0.1, -0.05) is 12.2 Å². The maximum atomic E-state index is 10.8.